The van der Waals surface area contributed by atoms with Crippen LogP contribution in [0.15, 0.2) is 31.0 Å². The fourth-order valence-electron chi connectivity index (χ4n) is 2.97. The van der Waals surface area contributed by atoms with Crippen LogP contribution in [0, 0.1) is 6.92 Å². The number of anilines is 1. The molecule has 0 bridgehead atoms. The molecule has 122 valence electrons. The lowest BCUT2D eigenvalue weighted by atomic mass is 10.2. The molecule has 7 nitrogen and oxygen atoms in total. The number of hydrogen-bond acceptors (Lipinski definition) is 5. The zero-order valence-electron chi connectivity index (χ0n) is 13.6. The number of nitrogens with zero attached hydrogens (tertiary/aromatic N) is 6. The lowest BCUT2D eigenvalue weighted by molar-refractivity contribution is -0.132. The lowest BCUT2D eigenvalue weighted by Crippen LogP contribution is -2.49. The average Bonchev–Trinajstić information content (AvgIpc) is 3.02. The molecule has 7 heteroatoms. The van der Waals surface area contributed by atoms with Crippen molar-refractivity contribution in [2.75, 3.05) is 31.1 Å². The second-order valence-corrected chi connectivity index (χ2v) is 5.87. The van der Waals surface area contributed by atoms with Gasteiger partial charge in [-0.3, -0.25) is 9.78 Å². The first-order valence-corrected chi connectivity index (χ1v) is 7.93. The van der Waals surface area contributed by atoms with E-state index in [-0.39, 0.29) is 11.9 Å². The van der Waals surface area contributed by atoms with Crippen LogP contribution in [0.1, 0.15) is 25.2 Å². The van der Waals surface area contributed by atoms with E-state index in [9.17, 15) is 4.79 Å². The van der Waals surface area contributed by atoms with E-state index in [2.05, 4.69) is 26.8 Å². The van der Waals surface area contributed by atoms with Crippen LogP contribution in [0.2, 0.25) is 0 Å². The molecule has 0 N–H and O–H groups in total. The van der Waals surface area contributed by atoms with Gasteiger partial charge in [-0.05, 0) is 13.8 Å². The van der Waals surface area contributed by atoms with Gasteiger partial charge in [0, 0.05) is 63.4 Å². The van der Waals surface area contributed by atoms with Crippen molar-refractivity contribution in [2.24, 2.45) is 0 Å². The average molecular weight is 314 g/mol. The molecular weight excluding hydrogens is 292 g/mol. The van der Waals surface area contributed by atoms with Crippen molar-refractivity contribution in [3.8, 4) is 0 Å². The zero-order valence-corrected chi connectivity index (χ0v) is 13.6. The number of piperazine rings is 1. The van der Waals surface area contributed by atoms with Crippen molar-refractivity contribution in [1.82, 2.24) is 24.4 Å². The minimum Gasteiger partial charge on any atom is -0.352 e. The summed E-state index contributed by atoms with van der Waals surface area (Å²) >= 11 is 0. The molecule has 0 spiro atoms. The molecule has 0 aliphatic carbocycles. The Morgan fingerprint density at radius 1 is 1.17 bits per heavy atom. The van der Waals surface area contributed by atoms with Crippen molar-refractivity contribution in [2.45, 2.75) is 26.3 Å². The van der Waals surface area contributed by atoms with Gasteiger partial charge in [0.15, 0.2) is 0 Å². The largest absolute Gasteiger partial charge is 0.352 e. The highest BCUT2D eigenvalue weighted by atomic mass is 16.2. The van der Waals surface area contributed by atoms with E-state index in [0.717, 1.165) is 37.8 Å². The smallest absolute Gasteiger partial charge is 0.224 e. The van der Waals surface area contributed by atoms with E-state index in [0.29, 0.717) is 6.42 Å². The molecule has 1 atom stereocenters. The van der Waals surface area contributed by atoms with E-state index >= 15 is 0 Å². The molecule has 0 radical (unpaired) electrons. The van der Waals surface area contributed by atoms with Crippen LogP contribution in [0.4, 0.5) is 5.82 Å². The van der Waals surface area contributed by atoms with Gasteiger partial charge in [-0.25, -0.2) is 9.97 Å². The van der Waals surface area contributed by atoms with Gasteiger partial charge in [-0.2, -0.15) is 0 Å². The standard InChI is InChI=1S/C16H22N6O/c1-13(22-6-5-18-14(22)2)11-16(23)21-9-7-20(8-10-21)15-12-17-3-4-19-15/h3-6,12-13H,7-11H2,1-2H3. The van der Waals surface area contributed by atoms with Gasteiger partial charge < -0.3 is 14.4 Å². The van der Waals surface area contributed by atoms with Gasteiger partial charge >= 0.3 is 0 Å². The molecule has 1 aliphatic heterocycles. The van der Waals surface area contributed by atoms with Gasteiger partial charge in [-0.15, -0.1) is 0 Å². The van der Waals surface area contributed by atoms with Crippen LogP contribution >= 0.6 is 0 Å². The first-order valence-electron chi connectivity index (χ1n) is 7.93. The van der Waals surface area contributed by atoms with E-state index in [4.69, 9.17) is 0 Å². The molecular formula is C16H22N6O. The first-order chi connectivity index (χ1) is 11.1. The summed E-state index contributed by atoms with van der Waals surface area (Å²) < 4.78 is 2.05. The normalized spacial score (nSPS) is 16.4. The molecule has 3 heterocycles. The summed E-state index contributed by atoms with van der Waals surface area (Å²) in [5.41, 5.74) is 0. The predicted molar refractivity (Wildman–Crippen MR) is 87.1 cm³/mol. The number of imidazole rings is 1. The maximum atomic E-state index is 12.5. The van der Waals surface area contributed by atoms with E-state index in [1.165, 1.54) is 0 Å². The van der Waals surface area contributed by atoms with Crippen LogP contribution in [0.25, 0.3) is 0 Å². The SMILES string of the molecule is Cc1nccn1C(C)CC(=O)N1CCN(c2cnccn2)CC1. The molecule has 2 aromatic heterocycles. The molecule has 1 aliphatic rings. The number of carbonyl (C=O) groups is 1. The van der Waals surface area contributed by atoms with Crippen molar-refractivity contribution < 1.29 is 4.79 Å². The molecule has 23 heavy (non-hydrogen) atoms. The third-order valence-electron chi connectivity index (χ3n) is 4.31. The van der Waals surface area contributed by atoms with Gasteiger partial charge in [0.05, 0.1) is 6.20 Å². The second-order valence-electron chi connectivity index (χ2n) is 5.87. The summed E-state index contributed by atoms with van der Waals surface area (Å²) in [6.45, 7) is 7.06. The number of amides is 1. The highest BCUT2D eigenvalue weighted by Gasteiger charge is 2.23. The van der Waals surface area contributed by atoms with Crippen molar-refractivity contribution in [3.05, 3.63) is 36.8 Å². The molecule has 1 fully saturated rings. The number of carbonyl (C=O) groups excluding carboxylic acids is 1. The summed E-state index contributed by atoms with van der Waals surface area (Å²) in [6.07, 6.45) is 9.34. The number of aryl methyl sites for hydroxylation is 1. The number of aromatic nitrogens is 4. The second kappa shape index (κ2) is 6.76. The van der Waals surface area contributed by atoms with Crippen molar-refractivity contribution >= 4 is 11.7 Å². The van der Waals surface area contributed by atoms with E-state index in [1.54, 1.807) is 24.8 Å². The van der Waals surface area contributed by atoms with Crippen LogP contribution < -0.4 is 4.90 Å². The minimum atomic E-state index is 0.128. The van der Waals surface area contributed by atoms with E-state index < -0.39 is 0 Å². The molecule has 0 aromatic carbocycles. The Morgan fingerprint density at radius 3 is 2.57 bits per heavy atom. The Hall–Kier alpha value is -2.44. The maximum Gasteiger partial charge on any atom is 0.224 e. The lowest BCUT2D eigenvalue weighted by Gasteiger charge is -2.35. The summed E-state index contributed by atoms with van der Waals surface area (Å²) in [5.74, 6) is 2.02. The number of rotatable bonds is 4. The summed E-state index contributed by atoms with van der Waals surface area (Å²) in [4.78, 5) is 29.2. The Bertz CT molecular complexity index is 648. The first kappa shape index (κ1) is 15.5. The summed E-state index contributed by atoms with van der Waals surface area (Å²) in [7, 11) is 0. The Balaban J connectivity index is 1.53. The Labute approximate surface area is 136 Å². The van der Waals surface area contributed by atoms with Gasteiger partial charge in [0.2, 0.25) is 5.91 Å². The monoisotopic (exact) mass is 314 g/mol. The van der Waals surface area contributed by atoms with Crippen LogP contribution in [-0.4, -0.2) is 56.5 Å². The van der Waals surface area contributed by atoms with Crippen LogP contribution in [0.5, 0.6) is 0 Å². The Morgan fingerprint density at radius 2 is 1.96 bits per heavy atom. The highest BCUT2D eigenvalue weighted by Crippen LogP contribution is 2.17. The molecule has 0 saturated carbocycles. The predicted octanol–water partition coefficient (Wildman–Crippen LogP) is 1.28. The Kier molecular flexibility index (Phi) is 4.55. The van der Waals surface area contributed by atoms with Gasteiger partial charge in [0.25, 0.3) is 0 Å². The number of hydrogen-bond donors (Lipinski definition) is 0. The highest BCUT2D eigenvalue weighted by molar-refractivity contribution is 5.77. The van der Waals surface area contributed by atoms with E-state index in [1.807, 2.05) is 22.6 Å². The quantitative estimate of drug-likeness (QED) is 0.850. The van der Waals surface area contributed by atoms with Crippen molar-refractivity contribution in [3.63, 3.8) is 0 Å². The van der Waals surface area contributed by atoms with Crippen LogP contribution in [-0.2, 0) is 4.79 Å². The third-order valence-corrected chi connectivity index (χ3v) is 4.31. The summed E-state index contributed by atoms with van der Waals surface area (Å²) in [6, 6.07) is 0.128. The minimum absolute atomic E-state index is 0.128. The molecule has 1 unspecified atom stereocenters. The zero-order chi connectivity index (χ0) is 16.2. The fourth-order valence-corrected chi connectivity index (χ4v) is 2.97. The maximum absolute atomic E-state index is 12.5. The summed E-state index contributed by atoms with van der Waals surface area (Å²) in [5, 5.41) is 0. The molecule has 1 amide bonds. The van der Waals surface area contributed by atoms with Gasteiger partial charge in [-0.1, -0.05) is 0 Å². The fraction of sp³-hybridized carbons (Fsp3) is 0.500. The molecule has 3 rings (SSSR count). The van der Waals surface area contributed by atoms with Gasteiger partial charge in [0.1, 0.15) is 11.6 Å². The third kappa shape index (κ3) is 3.49. The molecule has 1 saturated heterocycles. The topological polar surface area (TPSA) is 67.2 Å². The van der Waals surface area contributed by atoms with Crippen molar-refractivity contribution in [1.29, 1.82) is 0 Å². The molecule has 2 aromatic rings. The van der Waals surface area contributed by atoms with Crippen LogP contribution in [0.3, 0.4) is 0 Å².